The average Bonchev–Trinajstić information content (AvgIpc) is 2.76. The van der Waals surface area contributed by atoms with Gasteiger partial charge in [-0.05, 0) is 43.6 Å². The van der Waals surface area contributed by atoms with Gasteiger partial charge < -0.3 is 16.0 Å². The van der Waals surface area contributed by atoms with Crippen molar-refractivity contribution in [1.82, 2.24) is 4.90 Å². The summed E-state index contributed by atoms with van der Waals surface area (Å²) in [6, 6.07) is 5.61. The van der Waals surface area contributed by atoms with Crippen LogP contribution in [0.15, 0.2) is 18.2 Å². The normalized spacial score (nSPS) is 20.7. The van der Waals surface area contributed by atoms with E-state index < -0.39 is 0 Å². The highest BCUT2D eigenvalue weighted by Crippen LogP contribution is 2.24. The summed E-state index contributed by atoms with van der Waals surface area (Å²) in [5.41, 5.74) is 7.62. The van der Waals surface area contributed by atoms with Crippen molar-refractivity contribution in [2.24, 2.45) is 5.92 Å². The molecule has 1 unspecified atom stereocenters. The summed E-state index contributed by atoms with van der Waals surface area (Å²) in [4.78, 5) is 2.48. The summed E-state index contributed by atoms with van der Waals surface area (Å²) in [6.45, 7) is 6.77. The number of benzene rings is 1. The van der Waals surface area contributed by atoms with Gasteiger partial charge in [-0.1, -0.05) is 18.5 Å². The Labute approximate surface area is 108 Å². The van der Waals surface area contributed by atoms with E-state index in [0.717, 1.165) is 30.4 Å². The van der Waals surface area contributed by atoms with Gasteiger partial charge in [0.15, 0.2) is 0 Å². The fourth-order valence-electron chi connectivity index (χ4n) is 2.32. The third-order valence-electron chi connectivity index (χ3n) is 3.41. The number of hydrogen-bond donors (Lipinski definition) is 2. The van der Waals surface area contributed by atoms with Crippen LogP contribution in [0, 0.1) is 5.92 Å². The molecular formula is C13H20ClN3. The van der Waals surface area contributed by atoms with Crippen molar-refractivity contribution in [3.8, 4) is 0 Å². The van der Waals surface area contributed by atoms with E-state index >= 15 is 0 Å². The molecule has 0 bridgehead atoms. The molecule has 0 radical (unpaired) electrons. The van der Waals surface area contributed by atoms with Gasteiger partial charge in [-0.2, -0.15) is 0 Å². The van der Waals surface area contributed by atoms with Gasteiger partial charge in [-0.25, -0.2) is 0 Å². The van der Waals surface area contributed by atoms with Crippen molar-refractivity contribution in [2.75, 3.05) is 37.2 Å². The van der Waals surface area contributed by atoms with Crippen LogP contribution in [-0.2, 0) is 0 Å². The zero-order valence-electron chi connectivity index (χ0n) is 10.2. The highest BCUT2D eigenvalue weighted by molar-refractivity contribution is 6.31. The Balaban J connectivity index is 1.86. The molecule has 94 valence electrons. The third kappa shape index (κ3) is 3.27. The standard InChI is InChI=1S/C13H20ClN3/c1-2-17-6-5-10(9-17)8-16-13-4-3-11(14)7-12(13)15/h3-4,7,10,16H,2,5-6,8-9,15H2,1H3. The van der Waals surface area contributed by atoms with Crippen molar-refractivity contribution >= 4 is 23.0 Å². The van der Waals surface area contributed by atoms with E-state index in [0.29, 0.717) is 5.02 Å². The molecule has 3 nitrogen and oxygen atoms in total. The minimum Gasteiger partial charge on any atom is -0.397 e. The second-order valence-corrected chi connectivity index (χ2v) is 5.10. The monoisotopic (exact) mass is 253 g/mol. The molecule has 1 aromatic rings. The lowest BCUT2D eigenvalue weighted by atomic mass is 10.1. The first-order valence-electron chi connectivity index (χ1n) is 6.20. The summed E-state index contributed by atoms with van der Waals surface area (Å²) >= 11 is 5.87. The number of anilines is 2. The van der Waals surface area contributed by atoms with Crippen LogP contribution in [0.1, 0.15) is 13.3 Å². The number of nitrogens with two attached hydrogens (primary N) is 1. The molecule has 0 aromatic heterocycles. The summed E-state index contributed by atoms with van der Waals surface area (Å²) in [7, 11) is 0. The Morgan fingerprint density at radius 2 is 2.35 bits per heavy atom. The first-order chi connectivity index (χ1) is 8.19. The predicted octanol–water partition coefficient (Wildman–Crippen LogP) is 2.68. The summed E-state index contributed by atoms with van der Waals surface area (Å²) in [6.07, 6.45) is 1.27. The molecule has 3 N–H and O–H groups in total. The molecule has 4 heteroatoms. The molecule has 0 spiro atoms. The van der Waals surface area contributed by atoms with Crippen LogP contribution >= 0.6 is 11.6 Å². The molecule has 1 aliphatic heterocycles. The van der Waals surface area contributed by atoms with Crippen LogP contribution in [0.2, 0.25) is 5.02 Å². The summed E-state index contributed by atoms with van der Waals surface area (Å²) in [5.74, 6) is 0.727. The maximum absolute atomic E-state index is 5.90. The minimum absolute atomic E-state index is 0.686. The largest absolute Gasteiger partial charge is 0.397 e. The van der Waals surface area contributed by atoms with E-state index in [1.54, 1.807) is 6.07 Å². The van der Waals surface area contributed by atoms with Crippen molar-refractivity contribution in [2.45, 2.75) is 13.3 Å². The number of hydrogen-bond acceptors (Lipinski definition) is 3. The van der Waals surface area contributed by atoms with Gasteiger partial charge in [-0.3, -0.25) is 0 Å². The van der Waals surface area contributed by atoms with E-state index in [-0.39, 0.29) is 0 Å². The number of nitrogens with zero attached hydrogens (tertiary/aromatic N) is 1. The topological polar surface area (TPSA) is 41.3 Å². The number of nitrogen functional groups attached to an aromatic ring is 1. The molecule has 1 fully saturated rings. The fraction of sp³-hybridized carbons (Fsp3) is 0.538. The highest BCUT2D eigenvalue weighted by Gasteiger charge is 2.20. The molecule has 1 heterocycles. The average molecular weight is 254 g/mol. The second-order valence-electron chi connectivity index (χ2n) is 4.66. The molecule has 1 saturated heterocycles. The quantitative estimate of drug-likeness (QED) is 0.811. The third-order valence-corrected chi connectivity index (χ3v) is 3.65. The molecule has 0 amide bonds. The smallest absolute Gasteiger partial charge is 0.0575 e. The van der Waals surface area contributed by atoms with E-state index in [2.05, 4.69) is 17.1 Å². The van der Waals surface area contributed by atoms with Gasteiger partial charge in [-0.15, -0.1) is 0 Å². The van der Waals surface area contributed by atoms with Crippen molar-refractivity contribution in [3.63, 3.8) is 0 Å². The first-order valence-corrected chi connectivity index (χ1v) is 6.58. The lowest BCUT2D eigenvalue weighted by Gasteiger charge is -2.15. The molecule has 1 aliphatic rings. The Bertz CT molecular complexity index is 381. The Hall–Kier alpha value is -0.930. The van der Waals surface area contributed by atoms with Gasteiger partial charge in [0.25, 0.3) is 0 Å². The zero-order valence-corrected chi connectivity index (χ0v) is 11.0. The maximum Gasteiger partial charge on any atom is 0.0575 e. The maximum atomic E-state index is 5.90. The number of likely N-dealkylation sites (tertiary alicyclic amines) is 1. The van der Waals surface area contributed by atoms with Crippen LogP contribution < -0.4 is 11.1 Å². The van der Waals surface area contributed by atoms with Crippen LogP contribution in [0.25, 0.3) is 0 Å². The Morgan fingerprint density at radius 1 is 1.53 bits per heavy atom. The van der Waals surface area contributed by atoms with Crippen LogP contribution in [0.5, 0.6) is 0 Å². The number of nitrogens with one attached hydrogen (secondary N) is 1. The number of rotatable bonds is 4. The summed E-state index contributed by atoms with van der Waals surface area (Å²) < 4.78 is 0. The predicted molar refractivity (Wildman–Crippen MR) is 74.6 cm³/mol. The first kappa shape index (κ1) is 12.5. The highest BCUT2D eigenvalue weighted by atomic mass is 35.5. The molecule has 0 aliphatic carbocycles. The molecule has 1 atom stereocenters. The van der Waals surface area contributed by atoms with Crippen LogP contribution in [0.3, 0.4) is 0 Å². The molecule has 2 rings (SSSR count). The van der Waals surface area contributed by atoms with E-state index in [9.17, 15) is 0 Å². The summed E-state index contributed by atoms with van der Waals surface area (Å²) in [5, 5.41) is 4.10. The molecule has 17 heavy (non-hydrogen) atoms. The van der Waals surface area contributed by atoms with Crippen LogP contribution in [0.4, 0.5) is 11.4 Å². The van der Waals surface area contributed by atoms with Gasteiger partial charge in [0, 0.05) is 18.1 Å². The van der Waals surface area contributed by atoms with Gasteiger partial charge in [0.05, 0.1) is 11.4 Å². The van der Waals surface area contributed by atoms with Crippen molar-refractivity contribution < 1.29 is 0 Å². The van der Waals surface area contributed by atoms with E-state index in [4.69, 9.17) is 17.3 Å². The lowest BCUT2D eigenvalue weighted by Crippen LogP contribution is -2.22. The van der Waals surface area contributed by atoms with Gasteiger partial charge >= 0.3 is 0 Å². The van der Waals surface area contributed by atoms with Crippen molar-refractivity contribution in [3.05, 3.63) is 23.2 Å². The van der Waals surface area contributed by atoms with Crippen molar-refractivity contribution in [1.29, 1.82) is 0 Å². The lowest BCUT2D eigenvalue weighted by molar-refractivity contribution is 0.345. The minimum atomic E-state index is 0.686. The number of halogens is 1. The zero-order chi connectivity index (χ0) is 12.3. The molecule has 0 saturated carbocycles. The SMILES string of the molecule is CCN1CCC(CNc2ccc(Cl)cc2N)C1. The van der Waals surface area contributed by atoms with Crippen LogP contribution in [-0.4, -0.2) is 31.1 Å². The Kier molecular flexibility index (Phi) is 4.13. The molecule has 1 aromatic carbocycles. The van der Waals surface area contributed by atoms with E-state index in [1.807, 2.05) is 12.1 Å². The van der Waals surface area contributed by atoms with Gasteiger partial charge in [0.1, 0.15) is 0 Å². The van der Waals surface area contributed by atoms with Gasteiger partial charge in [0.2, 0.25) is 0 Å². The molecular weight excluding hydrogens is 234 g/mol. The fourth-order valence-corrected chi connectivity index (χ4v) is 2.50. The second kappa shape index (κ2) is 5.61. The van der Waals surface area contributed by atoms with E-state index in [1.165, 1.54) is 19.5 Å². The Morgan fingerprint density at radius 3 is 3.00 bits per heavy atom.